The van der Waals surface area contributed by atoms with Crippen molar-refractivity contribution in [2.45, 2.75) is 25.3 Å². The van der Waals surface area contributed by atoms with Gasteiger partial charge in [-0.15, -0.1) is 0 Å². The van der Waals surface area contributed by atoms with Crippen molar-refractivity contribution in [3.8, 4) is 6.07 Å². The normalized spacial score (nSPS) is 19.3. The van der Waals surface area contributed by atoms with Crippen LogP contribution in [0.5, 0.6) is 0 Å². The van der Waals surface area contributed by atoms with Crippen LogP contribution in [-0.2, 0) is 6.54 Å². The second-order valence-electron chi connectivity index (χ2n) is 5.36. The molecule has 1 aliphatic heterocycles. The fourth-order valence-electron chi connectivity index (χ4n) is 2.84. The van der Waals surface area contributed by atoms with Gasteiger partial charge < -0.3 is 0 Å². The van der Waals surface area contributed by atoms with Crippen molar-refractivity contribution < 1.29 is 4.39 Å². The molecule has 0 radical (unpaired) electrons. The third-order valence-corrected chi connectivity index (χ3v) is 3.89. The highest BCUT2D eigenvalue weighted by Crippen LogP contribution is 2.25. The number of benzene rings is 1. The van der Waals surface area contributed by atoms with Gasteiger partial charge >= 0.3 is 0 Å². The Morgan fingerprint density at radius 2 is 2.38 bits per heavy atom. The van der Waals surface area contributed by atoms with E-state index in [1.54, 1.807) is 6.07 Å². The third-order valence-electron chi connectivity index (χ3n) is 3.89. The lowest BCUT2D eigenvalue weighted by Gasteiger charge is -2.31. The first-order valence-corrected chi connectivity index (χ1v) is 7.02. The lowest BCUT2D eigenvalue weighted by molar-refractivity contribution is 0.194. The molecular formula is C15H16FN5. The number of rotatable bonds is 3. The van der Waals surface area contributed by atoms with Crippen LogP contribution in [0.4, 0.5) is 4.39 Å². The Balaban J connectivity index is 1.72. The van der Waals surface area contributed by atoms with Crippen molar-refractivity contribution in [1.29, 1.82) is 5.26 Å². The van der Waals surface area contributed by atoms with E-state index in [0.717, 1.165) is 31.8 Å². The van der Waals surface area contributed by atoms with Crippen molar-refractivity contribution in [2.75, 3.05) is 13.1 Å². The topological polar surface area (TPSA) is 68.6 Å². The molecule has 5 nitrogen and oxygen atoms in total. The van der Waals surface area contributed by atoms with Crippen molar-refractivity contribution >= 4 is 0 Å². The van der Waals surface area contributed by atoms with Gasteiger partial charge in [-0.2, -0.15) is 10.4 Å². The summed E-state index contributed by atoms with van der Waals surface area (Å²) in [7, 11) is 0. The van der Waals surface area contributed by atoms with Gasteiger partial charge in [-0.1, -0.05) is 0 Å². The zero-order valence-electron chi connectivity index (χ0n) is 11.6. The number of H-pyrrole nitrogens is 1. The van der Waals surface area contributed by atoms with E-state index in [9.17, 15) is 4.39 Å². The van der Waals surface area contributed by atoms with E-state index in [-0.39, 0.29) is 5.82 Å². The van der Waals surface area contributed by atoms with Gasteiger partial charge in [0.05, 0.1) is 11.6 Å². The maximum absolute atomic E-state index is 13.9. The van der Waals surface area contributed by atoms with Gasteiger partial charge in [-0.25, -0.2) is 9.37 Å². The van der Waals surface area contributed by atoms with Crippen molar-refractivity contribution in [1.82, 2.24) is 20.1 Å². The second-order valence-corrected chi connectivity index (χ2v) is 5.36. The molecule has 2 heterocycles. The smallest absolute Gasteiger partial charge is 0.137 e. The highest BCUT2D eigenvalue weighted by molar-refractivity contribution is 5.33. The van der Waals surface area contributed by atoms with Gasteiger partial charge in [0.15, 0.2) is 0 Å². The summed E-state index contributed by atoms with van der Waals surface area (Å²) >= 11 is 0. The van der Waals surface area contributed by atoms with E-state index >= 15 is 0 Å². The van der Waals surface area contributed by atoms with E-state index in [1.165, 1.54) is 18.5 Å². The molecule has 0 amide bonds. The molecule has 6 heteroatoms. The minimum Gasteiger partial charge on any atom is -0.298 e. The summed E-state index contributed by atoms with van der Waals surface area (Å²) in [6, 6.07) is 6.56. The average Bonchev–Trinajstić information content (AvgIpc) is 3.04. The van der Waals surface area contributed by atoms with Crippen molar-refractivity contribution in [3.63, 3.8) is 0 Å². The van der Waals surface area contributed by atoms with E-state index in [2.05, 4.69) is 26.2 Å². The predicted octanol–water partition coefficient (Wildman–Crippen LogP) is 2.20. The number of hydrogen-bond acceptors (Lipinski definition) is 4. The fraction of sp³-hybridized carbons (Fsp3) is 0.400. The summed E-state index contributed by atoms with van der Waals surface area (Å²) in [6.07, 6.45) is 3.63. The largest absolute Gasteiger partial charge is 0.298 e. The Kier molecular flexibility index (Phi) is 3.93. The van der Waals surface area contributed by atoms with E-state index < -0.39 is 0 Å². The fourth-order valence-corrected chi connectivity index (χ4v) is 2.84. The first-order valence-electron chi connectivity index (χ1n) is 7.02. The molecule has 1 unspecified atom stereocenters. The minimum absolute atomic E-state index is 0.254. The molecule has 1 saturated heterocycles. The quantitative estimate of drug-likeness (QED) is 0.938. The summed E-state index contributed by atoms with van der Waals surface area (Å²) in [6.45, 7) is 2.28. The minimum atomic E-state index is -0.254. The maximum atomic E-state index is 13.9. The first kappa shape index (κ1) is 13.7. The molecule has 0 spiro atoms. The molecule has 1 fully saturated rings. The number of aromatic nitrogens is 3. The Bertz CT molecular complexity index is 647. The number of hydrogen-bond donors (Lipinski definition) is 1. The molecule has 0 saturated carbocycles. The lowest BCUT2D eigenvalue weighted by Crippen LogP contribution is -2.34. The zero-order chi connectivity index (χ0) is 14.7. The van der Waals surface area contributed by atoms with Crippen LogP contribution in [0.2, 0.25) is 0 Å². The SMILES string of the molecule is N#Cc1ccc(F)c(CN2CCCC(c3ncn[nH]3)C2)c1. The van der Waals surface area contributed by atoms with Gasteiger partial charge in [0.2, 0.25) is 0 Å². The van der Waals surface area contributed by atoms with E-state index in [0.29, 0.717) is 23.6 Å². The van der Waals surface area contributed by atoms with E-state index in [1.807, 2.05) is 0 Å². The Hall–Kier alpha value is -2.26. The van der Waals surface area contributed by atoms with Crippen LogP contribution in [0.3, 0.4) is 0 Å². The molecule has 3 rings (SSSR count). The van der Waals surface area contributed by atoms with E-state index in [4.69, 9.17) is 5.26 Å². The first-order chi connectivity index (χ1) is 10.3. The average molecular weight is 285 g/mol. The molecule has 1 N–H and O–H groups in total. The number of halogens is 1. The number of aromatic amines is 1. The molecule has 21 heavy (non-hydrogen) atoms. The zero-order valence-corrected chi connectivity index (χ0v) is 11.6. The molecule has 0 bridgehead atoms. The lowest BCUT2D eigenvalue weighted by atomic mass is 9.97. The van der Waals surface area contributed by atoms with Crippen molar-refractivity contribution in [2.24, 2.45) is 0 Å². The number of nitrogens with one attached hydrogen (secondary N) is 1. The number of piperidine rings is 1. The molecule has 1 aromatic carbocycles. The molecule has 1 aliphatic rings. The van der Waals surface area contributed by atoms with Crippen LogP contribution in [-0.4, -0.2) is 33.2 Å². The van der Waals surface area contributed by atoms with Crippen LogP contribution >= 0.6 is 0 Å². The van der Waals surface area contributed by atoms with Crippen LogP contribution < -0.4 is 0 Å². The molecule has 108 valence electrons. The van der Waals surface area contributed by atoms with Crippen LogP contribution in [0.25, 0.3) is 0 Å². The van der Waals surface area contributed by atoms with Gasteiger partial charge in [0, 0.05) is 24.6 Å². The van der Waals surface area contributed by atoms with Gasteiger partial charge in [-0.05, 0) is 37.6 Å². The second kappa shape index (κ2) is 6.02. The summed E-state index contributed by atoms with van der Waals surface area (Å²) in [5.74, 6) is 0.949. The van der Waals surface area contributed by atoms with Crippen LogP contribution in [0.15, 0.2) is 24.5 Å². The molecule has 2 aromatic rings. The summed E-state index contributed by atoms with van der Waals surface area (Å²) in [5, 5.41) is 15.7. The Morgan fingerprint density at radius 3 is 3.14 bits per heavy atom. The molecule has 1 atom stereocenters. The van der Waals surface area contributed by atoms with Crippen molar-refractivity contribution in [3.05, 3.63) is 47.3 Å². The standard InChI is InChI=1S/C15H16FN5/c16-14-4-3-11(7-17)6-13(14)9-21-5-1-2-12(8-21)15-18-10-19-20-15/h3-4,6,10,12H,1-2,5,8-9H2,(H,18,19,20). The van der Waals surface area contributed by atoms with Crippen LogP contribution in [0.1, 0.15) is 35.7 Å². The maximum Gasteiger partial charge on any atom is 0.137 e. The predicted molar refractivity (Wildman–Crippen MR) is 74.7 cm³/mol. The van der Waals surface area contributed by atoms with Crippen LogP contribution in [0, 0.1) is 17.1 Å². The number of nitrogens with zero attached hydrogens (tertiary/aromatic N) is 4. The third kappa shape index (κ3) is 3.09. The number of nitriles is 1. The number of likely N-dealkylation sites (tertiary alicyclic amines) is 1. The van der Waals surface area contributed by atoms with Gasteiger partial charge in [-0.3, -0.25) is 10.00 Å². The highest BCUT2D eigenvalue weighted by Gasteiger charge is 2.23. The Labute approximate surface area is 122 Å². The molecular weight excluding hydrogens is 269 g/mol. The summed E-state index contributed by atoms with van der Waals surface area (Å²) in [4.78, 5) is 6.42. The monoisotopic (exact) mass is 285 g/mol. The summed E-state index contributed by atoms with van der Waals surface area (Å²) < 4.78 is 13.9. The molecule has 0 aliphatic carbocycles. The van der Waals surface area contributed by atoms with Gasteiger partial charge in [0.25, 0.3) is 0 Å². The highest BCUT2D eigenvalue weighted by atomic mass is 19.1. The Morgan fingerprint density at radius 1 is 1.48 bits per heavy atom. The van der Waals surface area contributed by atoms with Gasteiger partial charge in [0.1, 0.15) is 18.0 Å². The summed E-state index contributed by atoms with van der Waals surface area (Å²) in [5.41, 5.74) is 1.07. The molecule has 1 aromatic heterocycles.